The third-order valence-corrected chi connectivity index (χ3v) is 5.59. The van der Waals surface area contributed by atoms with Crippen LogP contribution in [0.2, 0.25) is 0 Å². The van der Waals surface area contributed by atoms with E-state index in [1.807, 2.05) is 67.6 Å². The van der Waals surface area contributed by atoms with E-state index in [9.17, 15) is 19.7 Å². The highest BCUT2D eigenvalue weighted by atomic mass is 16.6. The summed E-state index contributed by atoms with van der Waals surface area (Å²) in [6, 6.07) is 27.0. The molecule has 0 aliphatic carbocycles. The SMILES string of the molecule is CCOc1cc(C=O)c([N+](=O)[O-])cc1OCc1ccccc1.CCOc1cc(C=O)ccc1OCc1ccccc1. The molecule has 212 valence electrons. The first-order valence-corrected chi connectivity index (χ1v) is 12.9. The average molecular weight is 558 g/mol. The van der Waals surface area contributed by atoms with Crippen molar-refractivity contribution in [2.75, 3.05) is 13.2 Å². The Morgan fingerprint density at radius 3 is 1.63 bits per heavy atom. The molecule has 0 amide bonds. The Morgan fingerprint density at radius 2 is 1.15 bits per heavy atom. The number of nitro groups is 1. The van der Waals surface area contributed by atoms with Gasteiger partial charge >= 0.3 is 0 Å². The van der Waals surface area contributed by atoms with Crippen molar-refractivity contribution in [3.63, 3.8) is 0 Å². The van der Waals surface area contributed by atoms with Crippen molar-refractivity contribution in [1.29, 1.82) is 0 Å². The molecule has 0 radical (unpaired) electrons. The highest BCUT2D eigenvalue weighted by Crippen LogP contribution is 2.35. The molecular formula is C32H31NO8. The van der Waals surface area contributed by atoms with Crippen LogP contribution in [0.15, 0.2) is 91.0 Å². The van der Waals surface area contributed by atoms with Gasteiger partial charge in [-0.25, -0.2) is 0 Å². The smallest absolute Gasteiger partial charge is 0.283 e. The Bertz CT molecular complexity index is 1420. The minimum atomic E-state index is -0.616. The molecule has 0 bridgehead atoms. The predicted molar refractivity (Wildman–Crippen MR) is 154 cm³/mol. The molecular weight excluding hydrogens is 526 g/mol. The van der Waals surface area contributed by atoms with Crippen LogP contribution in [0.25, 0.3) is 0 Å². The number of nitrogens with zero attached hydrogens (tertiary/aromatic N) is 1. The van der Waals surface area contributed by atoms with Crippen molar-refractivity contribution in [3.8, 4) is 23.0 Å². The van der Waals surface area contributed by atoms with Crippen molar-refractivity contribution >= 4 is 18.3 Å². The van der Waals surface area contributed by atoms with E-state index < -0.39 is 4.92 Å². The quantitative estimate of drug-likeness (QED) is 0.0995. The minimum Gasteiger partial charge on any atom is -0.490 e. The van der Waals surface area contributed by atoms with Gasteiger partial charge in [-0.3, -0.25) is 19.7 Å². The van der Waals surface area contributed by atoms with E-state index >= 15 is 0 Å². The number of carbonyl (C=O) groups excluding carboxylic acids is 2. The fourth-order valence-corrected chi connectivity index (χ4v) is 3.65. The lowest BCUT2D eigenvalue weighted by Crippen LogP contribution is -2.03. The van der Waals surface area contributed by atoms with Crippen LogP contribution in [0.4, 0.5) is 5.69 Å². The Kier molecular flexibility index (Phi) is 11.9. The minimum absolute atomic E-state index is 0.0412. The molecule has 0 aliphatic rings. The molecule has 9 heteroatoms. The van der Waals surface area contributed by atoms with Gasteiger partial charge in [0.05, 0.1) is 29.8 Å². The summed E-state index contributed by atoms with van der Waals surface area (Å²) >= 11 is 0. The predicted octanol–water partition coefficient (Wildman–Crippen LogP) is 6.86. The summed E-state index contributed by atoms with van der Waals surface area (Å²) in [7, 11) is 0. The van der Waals surface area contributed by atoms with Crippen LogP contribution in [0, 0.1) is 10.1 Å². The molecule has 4 aromatic rings. The van der Waals surface area contributed by atoms with Gasteiger partial charge in [0.1, 0.15) is 19.5 Å². The largest absolute Gasteiger partial charge is 0.490 e. The number of aldehydes is 2. The molecule has 41 heavy (non-hydrogen) atoms. The van der Waals surface area contributed by atoms with E-state index in [-0.39, 0.29) is 23.6 Å². The van der Waals surface area contributed by atoms with Crippen LogP contribution in [0.5, 0.6) is 23.0 Å². The van der Waals surface area contributed by atoms with Gasteiger partial charge in [-0.1, -0.05) is 60.7 Å². The molecule has 0 heterocycles. The van der Waals surface area contributed by atoms with Gasteiger partial charge in [0, 0.05) is 11.6 Å². The molecule has 0 spiro atoms. The lowest BCUT2D eigenvalue weighted by molar-refractivity contribution is -0.385. The van der Waals surface area contributed by atoms with Crippen molar-refractivity contribution in [2.45, 2.75) is 27.1 Å². The van der Waals surface area contributed by atoms with Crippen molar-refractivity contribution in [1.82, 2.24) is 0 Å². The molecule has 0 N–H and O–H groups in total. The zero-order chi connectivity index (χ0) is 29.5. The second-order valence-electron chi connectivity index (χ2n) is 8.47. The maximum Gasteiger partial charge on any atom is 0.283 e. The van der Waals surface area contributed by atoms with Gasteiger partial charge in [-0.05, 0) is 43.2 Å². The molecule has 0 fully saturated rings. The van der Waals surface area contributed by atoms with E-state index in [2.05, 4.69) is 0 Å². The summed E-state index contributed by atoms with van der Waals surface area (Å²) in [5.41, 5.74) is 2.24. The third kappa shape index (κ3) is 9.21. The van der Waals surface area contributed by atoms with E-state index in [1.165, 1.54) is 12.1 Å². The van der Waals surface area contributed by atoms with E-state index in [1.54, 1.807) is 25.1 Å². The highest BCUT2D eigenvalue weighted by Gasteiger charge is 2.19. The second kappa shape index (κ2) is 16.0. The van der Waals surface area contributed by atoms with Gasteiger partial charge in [0.25, 0.3) is 5.69 Å². The molecule has 0 unspecified atom stereocenters. The lowest BCUT2D eigenvalue weighted by atomic mass is 10.1. The lowest BCUT2D eigenvalue weighted by Gasteiger charge is -2.12. The maximum atomic E-state index is 11.0. The number of ether oxygens (including phenoxy) is 4. The number of carbonyl (C=O) groups is 2. The Balaban J connectivity index is 0.000000228. The Labute approximate surface area is 238 Å². The summed E-state index contributed by atoms with van der Waals surface area (Å²) in [6.45, 7) is 5.29. The molecule has 4 aromatic carbocycles. The fraction of sp³-hybridized carbons (Fsp3) is 0.188. The van der Waals surface area contributed by atoms with Gasteiger partial charge in [0.15, 0.2) is 29.3 Å². The third-order valence-electron chi connectivity index (χ3n) is 5.59. The first-order valence-electron chi connectivity index (χ1n) is 12.9. The number of nitro benzene ring substituents is 1. The fourth-order valence-electron chi connectivity index (χ4n) is 3.65. The molecule has 0 aromatic heterocycles. The van der Waals surface area contributed by atoms with Crippen LogP contribution < -0.4 is 18.9 Å². The molecule has 0 aliphatic heterocycles. The van der Waals surface area contributed by atoms with E-state index in [4.69, 9.17) is 18.9 Å². The van der Waals surface area contributed by atoms with Crippen molar-refractivity contribution in [2.24, 2.45) is 0 Å². The van der Waals surface area contributed by atoms with Crippen molar-refractivity contribution < 1.29 is 33.5 Å². The molecule has 4 rings (SSSR count). The number of hydrogen-bond acceptors (Lipinski definition) is 8. The van der Waals surface area contributed by atoms with Gasteiger partial charge < -0.3 is 18.9 Å². The van der Waals surface area contributed by atoms with Gasteiger partial charge in [-0.2, -0.15) is 0 Å². The summed E-state index contributed by atoms with van der Waals surface area (Å²) in [5.74, 6) is 1.80. The topological polar surface area (TPSA) is 114 Å². The monoisotopic (exact) mass is 557 g/mol. The summed E-state index contributed by atoms with van der Waals surface area (Å²) in [6.07, 6.45) is 1.23. The normalized spacial score (nSPS) is 10.0. The van der Waals surface area contributed by atoms with E-state index in [0.29, 0.717) is 48.9 Å². The molecule has 0 atom stereocenters. The average Bonchev–Trinajstić information content (AvgIpc) is 3.01. The van der Waals surface area contributed by atoms with Crippen LogP contribution in [-0.4, -0.2) is 30.7 Å². The van der Waals surface area contributed by atoms with Crippen LogP contribution in [0.3, 0.4) is 0 Å². The zero-order valence-electron chi connectivity index (χ0n) is 22.9. The second-order valence-corrected chi connectivity index (χ2v) is 8.47. The van der Waals surface area contributed by atoms with Crippen LogP contribution in [0.1, 0.15) is 45.7 Å². The van der Waals surface area contributed by atoms with Gasteiger partial charge in [-0.15, -0.1) is 0 Å². The zero-order valence-corrected chi connectivity index (χ0v) is 22.9. The maximum absolute atomic E-state index is 11.0. The van der Waals surface area contributed by atoms with Crippen LogP contribution in [-0.2, 0) is 13.2 Å². The first kappa shape index (κ1) is 30.4. The van der Waals surface area contributed by atoms with Crippen molar-refractivity contribution in [3.05, 3.63) is 123 Å². The summed E-state index contributed by atoms with van der Waals surface area (Å²) in [4.78, 5) is 32.1. The Morgan fingerprint density at radius 1 is 0.634 bits per heavy atom. The molecule has 0 saturated carbocycles. The number of rotatable bonds is 13. The van der Waals surface area contributed by atoms with E-state index in [0.717, 1.165) is 17.4 Å². The highest BCUT2D eigenvalue weighted by molar-refractivity contribution is 5.83. The first-order chi connectivity index (χ1) is 20.0. The molecule has 0 saturated heterocycles. The van der Waals surface area contributed by atoms with Crippen LogP contribution >= 0.6 is 0 Å². The van der Waals surface area contributed by atoms with Gasteiger partial charge in [0.2, 0.25) is 0 Å². The summed E-state index contributed by atoms with van der Waals surface area (Å²) in [5, 5.41) is 11.0. The Hall–Kier alpha value is -5.18. The number of hydrogen-bond donors (Lipinski definition) is 0. The standard InChI is InChI=1S/C16H15NO5.C16H16O3/c1-2-21-15-8-13(10-18)14(17(19)20)9-16(15)22-11-12-6-4-3-5-7-12;1-2-18-16-10-14(11-17)8-9-15(16)19-12-13-6-4-3-5-7-13/h3-10H,2,11H2,1H3;3-11H,2,12H2,1H3. The summed E-state index contributed by atoms with van der Waals surface area (Å²) < 4.78 is 22.2. The number of benzene rings is 4. The molecule has 9 nitrogen and oxygen atoms in total.